The summed E-state index contributed by atoms with van der Waals surface area (Å²) in [7, 11) is 1.72. The lowest BCUT2D eigenvalue weighted by molar-refractivity contribution is 0.0797. The molecule has 0 aromatic heterocycles. The number of hydrogen-bond acceptors (Lipinski definition) is 2. The van der Waals surface area contributed by atoms with Gasteiger partial charge in [0.1, 0.15) is 5.82 Å². The summed E-state index contributed by atoms with van der Waals surface area (Å²) in [6.45, 7) is 0.583. The Morgan fingerprint density at radius 1 is 1.20 bits per heavy atom. The van der Waals surface area contributed by atoms with Crippen LogP contribution >= 0.6 is 0 Å². The van der Waals surface area contributed by atoms with Gasteiger partial charge in [0.25, 0.3) is 5.91 Å². The topological polar surface area (TPSA) is 46.3 Å². The lowest BCUT2D eigenvalue weighted by Gasteiger charge is -2.18. The number of hydrogen-bond donors (Lipinski definition) is 1. The van der Waals surface area contributed by atoms with Gasteiger partial charge in [0.05, 0.1) is 5.56 Å². The third kappa shape index (κ3) is 3.35. The van der Waals surface area contributed by atoms with E-state index >= 15 is 0 Å². The highest BCUT2D eigenvalue weighted by Crippen LogP contribution is 2.15. The van der Waals surface area contributed by atoms with Crippen LogP contribution in [-0.2, 0) is 6.42 Å². The molecular weight excluding hydrogens is 255 g/mol. The minimum absolute atomic E-state index is 0.168. The molecule has 2 aromatic rings. The Morgan fingerprint density at radius 2 is 1.90 bits per heavy atom. The Kier molecular flexibility index (Phi) is 4.35. The first-order valence-corrected chi connectivity index (χ1v) is 6.42. The summed E-state index contributed by atoms with van der Waals surface area (Å²) in [5.41, 5.74) is 7.35. The van der Waals surface area contributed by atoms with Gasteiger partial charge in [0, 0.05) is 19.3 Å². The molecule has 0 aliphatic rings. The number of amides is 1. The fourth-order valence-corrected chi connectivity index (χ4v) is 1.98. The van der Waals surface area contributed by atoms with Crippen molar-refractivity contribution in [2.24, 2.45) is 0 Å². The minimum atomic E-state index is -0.439. The van der Waals surface area contributed by atoms with E-state index in [4.69, 9.17) is 5.73 Å². The largest absolute Gasteiger partial charge is 0.398 e. The fraction of sp³-hybridized carbons (Fsp3) is 0.188. The lowest BCUT2D eigenvalue weighted by Crippen LogP contribution is -2.29. The van der Waals surface area contributed by atoms with E-state index in [2.05, 4.69) is 0 Å². The molecule has 4 heteroatoms. The quantitative estimate of drug-likeness (QED) is 0.870. The molecule has 2 aromatic carbocycles. The fourth-order valence-electron chi connectivity index (χ4n) is 1.98. The van der Waals surface area contributed by atoms with Gasteiger partial charge in [0.15, 0.2) is 0 Å². The zero-order valence-corrected chi connectivity index (χ0v) is 11.3. The zero-order chi connectivity index (χ0) is 14.5. The minimum Gasteiger partial charge on any atom is -0.398 e. The van der Waals surface area contributed by atoms with Gasteiger partial charge >= 0.3 is 0 Å². The van der Waals surface area contributed by atoms with E-state index in [1.165, 1.54) is 17.7 Å². The van der Waals surface area contributed by atoms with Crippen LogP contribution in [-0.4, -0.2) is 24.4 Å². The molecule has 20 heavy (non-hydrogen) atoms. The number of anilines is 1. The normalized spacial score (nSPS) is 10.3. The monoisotopic (exact) mass is 272 g/mol. The maximum Gasteiger partial charge on any atom is 0.255 e. The lowest BCUT2D eigenvalue weighted by atomic mass is 10.1. The van der Waals surface area contributed by atoms with Crippen molar-refractivity contribution in [1.29, 1.82) is 0 Å². The van der Waals surface area contributed by atoms with Gasteiger partial charge in [-0.1, -0.05) is 30.3 Å². The van der Waals surface area contributed by atoms with Crippen LogP contribution < -0.4 is 5.73 Å². The number of carbonyl (C=O) groups is 1. The van der Waals surface area contributed by atoms with E-state index < -0.39 is 5.82 Å². The molecule has 0 atom stereocenters. The van der Waals surface area contributed by atoms with Gasteiger partial charge in [-0.15, -0.1) is 0 Å². The first kappa shape index (κ1) is 14.1. The van der Waals surface area contributed by atoms with Crippen molar-refractivity contribution in [3.05, 3.63) is 65.5 Å². The highest BCUT2D eigenvalue weighted by Gasteiger charge is 2.14. The average molecular weight is 272 g/mol. The Hall–Kier alpha value is -2.36. The highest BCUT2D eigenvalue weighted by molar-refractivity contribution is 5.98. The second kappa shape index (κ2) is 6.19. The number of nitrogens with zero attached hydrogens (tertiary/aromatic N) is 1. The van der Waals surface area contributed by atoms with Crippen molar-refractivity contribution in [2.75, 3.05) is 19.3 Å². The molecule has 0 saturated carbocycles. The van der Waals surface area contributed by atoms with Crippen molar-refractivity contribution in [2.45, 2.75) is 6.42 Å². The molecule has 104 valence electrons. The van der Waals surface area contributed by atoms with Crippen LogP contribution in [0.1, 0.15) is 15.9 Å². The van der Waals surface area contributed by atoms with Crippen LogP contribution in [0.5, 0.6) is 0 Å². The molecule has 0 fully saturated rings. The number of carbonyl (C=O) groups excluding carboxylic acids is 1. The van der Waals surface area contributed by atoms with Gasteiger partial charge in [-0.2, -0.15) is 0 Å². The van der Waals surface area contributed by atoms with E-state index in [0.717, 1.165) is 12.5 Å². The summed E-state index contributed by atoms with van der Waals surface area (Å²) >= 11 is 0. The van der Waals surface area contributed by atoms with E-state index in [0.29, 0.717) is 12.1 Å². The van der Waals surface area contributed by atoms with Crippen molar-refractivity contribution in [3.63, 3.8) is 0 Å². The SMILES string of the molecule is CN(CCc1ccccc1)C(=O)c1ccc(F)cc1N. The molecule has 0 bridgehead atoms. The standard InChI is InChI=1S/C16H17FN2O/c1-19(10-9-12-5-3-2-4-6-12)16(20)14-8-7-13(17)11-15(14)18/h2-8,11H,9-10,18H2,1H3. The Morgan fingerprint density at radius 3 is 2.55 bits per heavy atom. The van der Waals surface area contributed by atoms with Gasteiger partial charge in [-0.3, -0.25) is 4.79 Å². The molecule has 0 radical (unpaired) electrons. The number of halogens is 1. The number of likely N-dealkylation sites (N-methyl/N-ethyl adjacent to an activating group) is 1. The Labute approximate surface area is 117 Å². The molecule has 0 aliphatic heterocycles. The molecule has 0 saturated heterocycles. The van der Waals surface area contributed by atoms with E-state index in [9.17, 15) is 9.18 Å². The van der Waals surface area contributed by atoms with Crippen molar-refractivity contribution >= 4 is 11.6 Å². The summed E-state index contributed by atoms with van der Waals surface area (Å²) in [6.07, 6.45) is 0.768. The number of nitrogen functional groups attached to an aromatic ring is 1. The third-order valence-electron chi connectivity index (χ3n) is 3.17. The summed E-state index contributed by atoms with van der Waals surface area (Å²) in [5.74, 6) is -0.635. The summed E-state index contributed by atoms with van der Waals surface area (Å²) in [6, 6.07) is 13.8. The number of nitrogens with two attached hydrogens (primary N) is 1. The van der Waals surface area contributed by atoms with E-state index in [-0.39, 0.29) is 11.6 Å². The maximum absolute atomic E-state index is 13.0. The van der Waals surface area contributed by atoms with Gasteiger partial charge in [-0.25, -0.2) is 4.39 Å². The summed E-state index contributed by atoms with van der Waals surface area (Å²) < 4.78 is 13.0. The van der Waals surface area contributed by atoms with Crippen LogP contribution in [0.15, 0.2) is 48.5 Å². The van der Waals surface area contributed by atoms with Crippen molar-refractivity contribution in [1.82, 2.24) is 4.90 Å². The maximum atomic E-state index is 13.0. The Balaban J connectivity index is 2.01. The van der Waals surface area contributed by atoms with Gasteiger partial charge < -0.3 is 10.6 Å². The van der Waals surface area contributed by atoms with E-state index in [1.807, 2.05) is 30.3 Å². The van der Waals surface area contributed by atoms with Crippen LogP contribution in [0.3, 0.4) is 0 Å². The third-order valence-corrected chi connectivity index (χ3v) is 3.17. The Bertz CT molecular complexity index is 599. The summed E-state index contributed by atoms with van der Waals surface area (Å²) in [4.78, 5) is 13.8. The van der Waals surface area contributed by atoms with Crippen LogP contribution in [0.2, 0.25) is 0 Å². The molecule has 0 spiro atoms. The van der Waals surface area contributed by atoms with E-state index in [1.54, 1.807) is 11.9 Å². The molecule has 0 heterocycles. The molecule has 2 N–H and O–H groups in total. The number of benzene rings is 2. The predicted octanol–water partition coefficient (Wildman–Crippen LogP) is 2.72. The first-order valence-electron chi connectivity index (χ1n) is 6.42. The number of rotatable bonds is 4. The zero-order valence-electron chi connectivity index (χ0n) is 11.3. The van der Waals surface area contributed by atoms with Crippen LogP contribution in [0, 0.1) is 5.82 Å². The molecule has 0 unspecified atom stereocenters. The van der Waals surface area contributed by atoms with Crippen LogP contribution in [0.25, 0.3) is 0 Å². The summed E-state index contributed by atoms with van der Waals surface area (Å²) in [5, 5.41) is 0. The predicted molar refractivity (Wildman–Crippen MR) is 77.9 cm³/mol. The molecule has 0 aliphatic carbocycles. The molecule has 2 rings (SSSR count). The molecule has 1 amide bonds. The molecule has 3 nitrogen and oxygen atoms in total. The first-order chi connectivity index (χ1) is 9.58. The average Bonchev–Trinajstić information content (AvgIpc) is 2.45. The smallest absolute Gasteiger partial charge is 0.255 e. The van der Waals surface area contributed by atoms with Gasteiger partial charge in [-0.05, 0) is 30.2 Å². The van der Waals surface area contributed by atoms with Crippen molar-refractivity contribution in [3.8, 4) is 0 Å². The van der Waals surface area contributed by atoms with Crippen molar-refractivity contribution < 1.29 is 9.18 Å². The highest BCUT2D eigenvalue weighted by atomic mass is 19.1. The van der Waals surface area contributed by atoms with Crippen LogP contribution in [0.4, 0.5) is 10.1 Å². The molecular formula is C16H17FN2O. The van der Waals surface area contributed by atoms with Gasteiger partial charge in [0.2, 0.25) is 0 Å². The second-order valence-electron chi connectivity index (χ2n) is 4.69. The second-order valence-corrected chi connectivity index (χ2v) is 4.69.